The number of halogens is 2. The highest BCUT2D eigenvalue weighted by atomic mass is 35.5. The molecule has 0 spiro atoms. The van der Waals surface area contributed by atoms with Gasteiger partial charge in [-0.3, -0.25) is 9.69 Å². The average Bonchev–Trinajstić information content (AvgIpc) is 3.16. The number of nitrogens with zero attached hydrogens (tertiary/aromatic N) is 3. The van der Waals surface area contributed by atoms with E-state index in [4.69, 9.17) is 25.8 Å². The maximum Gasteiger partial charge on any atom is 0.246 e. The van der Waals surface area contributed by atoms with E-state index in [0.717, 1.165) is 42.9 Å². The highest BCUT2D eigenvalue weighted by molar-refractivity contribution is 6.31. The Bertz CT molecular complexity index is 1870. The number of piperazine rings is 1. The molecule has 1 aromatic heterocycles. The largest absolute Gasteiger partial charge is 0.493 e. The summed E-state index contributed by atoms with van der Waals surface area (Å²) < 4.78 is 17.6. The van der Waals surface area contributed by atoms with Crippen molar-refractivity contribution in [2.24, 2.45) is 0 Å². The first-order chi connectivity index (χ1) is 24.9. The molecule has 5 aromatic rings. The van der Waals surface area contributed by atoms with Crippen molar-refractivity contribution in [2.45, 2.75) is 39.3 Å². The maximum absolute atomic E-state index is 12.9. The van der Waals surface area contributed by atoms with E-state index in [-0.39, 0.29) is 18.3 Å². The number of carbonyl (C=O) groups excluding carboxylic acids is 1. The quantitative estimate of drug-likeness (QED) is 0.106. The third-order valence-electron chi connectivity index (χ3n) is 8.90. The minimum absolute atomic E-state index is 0. The predicted octanol–water partition coefficient (Wildman–Crippen LogP) is 9.63. The van der Waals surface area contributed by atoms with Crippen molar-refractivity contribution < 1.29 is 19.0 Å². The predicted molar refractivity (Wildman–Crippen MR) is 211 cm³/mol. The second-order valence-corrected chi connectivity index (χ2v) is 13.4. The first kappa shape index (κ1) is 38.4. The van der Waals surface area contributed by atoms with Crippen LogP contribution in [-0.2, 0) is 24.4 Å². The normalized spacial score (nSPS) is 13.2. The molecule has 0 bridgehead atoms. The van der Waals surface area contributed by atoms with E-state index in [0.29, 0.717) is 54.6 Å². The van der Waals surface area contributed by atoms with Crippen LogP contribution in [0.2, 0.25) is 5.02 Å². The number of amides is 1. The number of pyridine rings is 1. The molecule has 0 N–H and O–H groups in total. The topological polar surface area (TPSA) is 64.1 Å². The van der Waals surface area contributed by atoms with Crippen molar-refractivity contribution in [3.05, 3.63) is 154 Å². The van der Waals surface area contributed by atoms with Crippen LogP contribution in [0.1, 0.15) is 47.6 Å². The van der Waals surface area contributed by atoms with E-state index in [9.17, 15) is 4.79 Å². The van der Waals surface area contributed by atoms with E-state index in [1.165, 1.54) is 16.7 Å². The van der Waals surface area contributed by atoms with Gasteiger partial charge in [-0.15, -0.1) is 12.4 Å². The molecule has 52 heavy (non-hydrogen) atoms. The van der Waals surface area contributed by atoms with Gasteiger partial charge in [0.1, 0.15) is 23.9 Å². The van der Waals surface area contributed by atoms with Gasteiger partial charge >= 0.3 is 0 Å². The number of hydrogen-bond donors (Lipinski definition) is 0. The zero-order chi connectivity index (χ0) is 35.4. The van der Waals surface area contributed by atoms with Gasteiger partial charge in [0.25, 0.3) is 0 Å². The van der Waals surface area contributed by atoms with Crippen LogP contribution in [0.25, 0.3) is 6.08 Å². The van der Waals surface area contributed by atoms with E-state index in [2.05, 4.69) is 72.3 Å². The van der Waals surface area contributed by atoms with Crippen molar-refractivity contribution in [3.63, 3.8) is 0 Å². The Kier molecular flexibility index (Phi) is 14.1. The third-order valence-corrected chi connectivity index (χ3v) is 9.27. The molecule has 9 heteroatoms. The maximum atomic E-state index is 12.9. The summed E-state index contributed by atoms with van der Waals surface area (Å²) in [7, 11) is 0. The van der Waals surface area contributed by atoms with Gasteiger partial charge in [-0.1, -0.05) is 92.2 Å². The Morgan fingerprint density at radius 3 is 2.13 bits per heavy atom. The van der Waals surface area contributed by atoms with Crippen molar-refractivity contribution in [1.29, 1.82) is 0 Å². The summed E-state index contributed by atoms with van der Waals surface area (Å²) >= 11 is 6.20. The van der Waals surface area contributed by atoms with Gasteiger partial charge in [0, 0.05) is 61.9 Å². The summed E-state index contributed by atoms with van der Waals surface area (Å²) in [5.74, 6) is 3.20. The SMILES string of the molecule is CC(C)c1ccc(OCCc2ccc(CN3CCN(C(=O)/C=C/c4ccc(Oc5ccc(OCc6ccccc6Cl)cn5)cc4)CC3)cc2)cc1.Cl. The van der Waals surface area contributed by atoms with Gasteiger partial charge in [-0.05, 0) is 70.6 Å². The molecule has 2 heterocycles. The molecular formula is C43H45Cl2N3O4. The average molecular weight is 739 g/mol. The Balaban J connectivity index is 0.00000523. The summed E-state index contributed by atoms with van der Waals surface area (Å²) in [6.07, 6.45) is 5.99. The number of hydrogen-bond acceptors (Lipinski definition) is 6. The molecule has 6 rings (SSSR count). The lowest BCUT2D eigenvalue weighted by Crippen LogP contribution is -2.47. The Hall–Kier alpha value is -4.82. The molecular weight excluding hydrogens is 693 g/mol. The molecule has 270 valence electrons. The highest BCUT2D eigenvalue weighted by Crippen LogP contribution is 2.24. The fourth-order valence-corrected chi connectivity index (χ4v) is 5.95. The third kappa shape index (κ3) is 11.3. The van der Waals surface area contributed by atoms with Crippen LogP contribution < -0.4 is 14.2 Å². The summed E-state index contributed by atoms with van der Waals surface area (Å²) in [4.78, 5) is 21.6. The first-order valence-electron chi connectivity index (χ1n) is 17.5. The summed E-state index contributed by atoms with van der Waals surface area (Å²) in [6, 6.07) is 35.9. The van der Waals surface area contributed by atoms with Crippen LogP contribution in [0, 0.1) is 0 Å². The molecule has 7 nitrogen and oxygen atoms in total. The lowest BCUT2D eigenvalue weighted by atomic mass is 10.0. The minimum Gasteiger partial charge on any atom is -0.493 e. The van der Waals surface area contributed by atoms with E-state index < -0.39 is 0 Å². The van der Waals surface area contributed by atoms with E-state index in [1.54, 1.807) is 18.3 Å². The zero-order valence-corrected chi connectivity index (χ0v) is 31.2. The molecule has 1 saturated heterocycles. The number of carbonyl (C=O) groups is 1. The van der Waals surface area contributed by atoms with Crippen molar-refractivity contribution in [3.8, 4) is 23.1 Å². The number of benzene rings is 4. The fraction of sp³-hybridized carbons (Fsp3) is 0.256. The Morgan fingerprint density at radius 1 is 0.788 bits per heavy atom. The molecule has 0 aliphatic carbocycles. The Morgan fingerprint density at radius 2 is 1.46 bits per heavy atom. The lowest BCUT2D eigenvalue weighted by molar-refractivity contribution is -0.127. The first-order valence-corrected chi connectivity index (χ1v) is 17.9. The van der Waals surface area contributed by atoms with Gasteiger partial charge in [-0.25, -0.2) is 4.98 Å². The molecule has 0 atom stereocenters. The van der Waals surface area contributed by atoms with Crippen LogP contribution in [0.4, 0.5) is 0 Å². The van der Waals surface area contributed by atoms with E-state index in [1.807, 2.05) is 65.6 Å². The lowest BCUT2D eigenvalue weighted by Gasteiger charge is -2.34. The second-order valence-electron chi connectivity index (χ2n) is 13.0. The smallest absolute Gasteiger partial charge is 0.246 e. The van der Waals surface area contributed by atoms with Crippen LogP contribution in [0.3, 0.4) is 0 Å². The van der Waals surface area contributed by atoms with Gasteiger partial charge in [0.15, 0.2) is 0 Å². The monoisotopic (exact) mass is 737 g/mol. The molecule has 0 unspecified atom stereocenters. The molecule has 0 radical (unpaired) electrons. The highest BCUT2D eigenvalue weighted by Gasteiger charge is 2.19. The van der Waals surface area contributed by atoms with Gasteiger partial charge in [0.05, 0.1) is 12.8 Å². The van der Waals surface area contributed by atoms with Crippen LogP contribution >= 0.6 is 24.0 Å². The molecule has 1 amide bonds. The van der Waals surface area contributed by atoms with Crippen molar-refractivity contribution in [2.75, 3.05) is 32.8 Å². The van der Waals surface area contributed by atoms with Crippen LogP contribution in [0.5, 0.6) is 23.1 Å². The molecule has 1 aliphatic heterocycles. The molecule has 0 saturated carbocycles. The fourth-order valence-electron chi connectivity index (χ4n) is 5.76. The Labute approximate surface area is 318 Å². The van der Waals surface area contributed by atoms with Gasteiger partial charge in [0.2, 0.25) is 11.8 Å². The van der Waals surface area contributed by atoms with Crippen molar-refractivity contribution in [1.82, 2.24) is 14.8 Å². The van der Waals surface area contributed by atoms with Gasteiger partial charge < -0.3 is 19.1 Å². The minimum atomic E-state index is 0. The summed E-state index contributed by atoms with van der Waals surface area (Å²) in [5, 5.41) is 0.669. The van der Waals surface area contributed by atoms with E-state index >= 15 is 0 Å². The standard InChI is InChI=1S/C43H44ClN3O4.ClH/c1-32(2)36-14-18-38(19-15-36)49-28-23-34-7-9-35(10-8-34)30-46-24-26-47(27-25-46)43(48)22-13-33-11-16-39(17-12-33)51-42-21-20-40(29-45-42)50-31-37-5-3-4-6-41(37)44;/h3-22,29,32H,23-28,30-31H2,1-2H3;1H/b22-13+;. The number of rotatable bonds is 14. The zero-order valence-electron chi connectivity index (χ0n) is 29.6. The number of ether oxygens (including phenoxy) is 3. The van der Waals surface area contributed by atoms with Crippen LogP contribution in [-0.4, -0.2) is 53.5 Å². The summed E-state index contributed by atoms with van der Waals surface area (Å²) in [6.45, 7) is 9.39. The van der Waals surface area contributed by atoms with Crippen molar-refractivity contribution >= 4 is 36.0 Å². The van der Waals surface area contributed by atoms with Crippen LogP contribution in [0.15, 0.2) is 121 Å². The summed E-state index contributed by atoms with van der Waals surface area (Å²) in [5.41, 5.74) is 5.70. The molecule has 4 aromatic carbocycles. The number of aromatic nitrogens is 1. The second kappa shape index (κ2) is 19.1. The van der Waals surface area contributed by atoms with Gasteiger partial charge in [-0.2, -0.15) is 0 Å². The molecule has 1 aliphatic rings. The molecule has 1 fully saturated rings.